The first kappa shape index (κ1) is 19.7. The van der Waals surface area contributed by atoms with Crippen molar-refractivity contribution in [3.63, 3.8) is 0 Å². The molecule has 2 amide bonds. The van der Waals surface area contributed by atoms with Gasteiger partial charge in [0, 0.05) is 48.7 Å². The SMILES string of the molecule is Cc1cnc(CCNC(=O)NC2CCCN(Cc3c(F)cccc3F)C2)s1. The predicted molar refractivity (Wildman–Crippen MR) is 102 cm³/mol. The van der Waals surface area contributed by atoms with Gasteiger partial charge in [0.1, 0.15) is 11.6 Å². The number of likely N-dealkylation sites (tertiary alicyclic amines) is 1. The van der Waals surface area contributed by atoms with Crippen molar-refractivity contribution in [1.82, 2.24) is 20.5 Å². The number of carbonyl (C=O) groups is 1. The first-order chi connectivity index (χ1) is 13.0. The van der Waals surface area contributed by atoms with Gasteiger partial charge in [-0.25, -0.2) is 18.6 Å². The van der Waals surface area contributed by atoms with Crippen molar-refractivity contribution in [2.45, 2.75) is 38.8 Å². The largest absolute Gasteiger partial charge is 0.338 e. The number of nitrogens with one attached hydrogen (secondary N) is 2. The highest BCUT2D eigenvalue weighted by molar-refractivity contribution is 7.11. The highest BCUT2D eigenvalue weighted by Crippen LogP contribution is 2.18. The zero-order valence-electron chi connectivity index (χ0n) is 15.3. The number of piperidine rings is 1. The summed E-state index contributed by atoms with van der Waals surface area (Å²) in [6, 6.07) is 3.67. The van der Waals surface area contributed by atoms with Crippen LogP contribution in [0, 0.1) is 18.6 Å². The molecule has 2 aromatic rings. The third kappa shape index (κ3) is 5.71. The molecule has 8 heteroatoms. The van der Waals surface area contributed by atoms with Crippen LogP contribution in [0.4, 0.5) is 13.6 Å². The Morgan fingerprint density at radius 1 is 1.37 bits per heavy atom. The molecule has 1 aliphatic rings. The molecule has 1 fully saturated rings. The van der Waals surface area contributed by atoms with E-state index in [4.69, 9.17) is 0 Å². The van der Waals surface area contributed by atoms with Gasteiger partial charge in [0.2, 0.25) is 0 Å². The lowest BCUT2D eigenvalue weighted by Gasteiger charge is -2.33. The minimum atomic E-state index is -0.528. The first-order valence-electron chi connectivity index (χ1n) is 9.12. The Labute approximate surface area is 161 Å². The Hall–Kier alpha value is -2.06. The smallest absolute Gasteiger partial charge is 0.315 e. The number of urea groups is 1. The van der Waals surface area contributed by atoms with Crippen LogP contribution < -0.4 is 10.6 Å². The van der Waals surface area contributed by atoms with E-state index in [1.54, 1.807) is 11.3 Å². The maximum atomic E-state index is 13.8. The molecule has 27 heavy (non-hydrogen) atoms. The molecule has 1 aliphatic heterocycles. The van der Waals surface area contributed by atoms with Crippen LogP contribution in [0.3, 0.4) is 0 Å². The molecule has 0 saturated carbocycles. The lowest BCUT2D eigenvalue weighted by Crippen LogP contribution is -2.50. The fourth-order valence-corrected chi connectivity index (χ4v) is 4.05. The topological polar surface area (TPSA) is 57.3 Å². The second-order valence-corrected chi connectivity index (χ2v) is 8.11. The van der Waals surface area contributed by atoms with Crippen molar-refractivity contribution >= 4 is 17.4 Å². The number of amides is 2. The molecule has 0 bridgehead atoms. The monoisotopic (exact) mass is 394 g/mol. The molecule has 146 valence electrons. The molecule has 1 aromatic heterocycles. The van der Waals surface area contributed by atoms with E-state index < -0.39 is 11.6 Å². The Morgan fingerprint density at radius 3 is 2.85 bits per heavy atom. The quantitative estimate of drug-likeness (QED) is 0.791. The van der Waals surface area contributed by atoms with Crippen LogP contribution in [-0.2, 0) is 13.0 Å². The van der Waals surface area contributed by atoms with Crippen molar-refractivity contribution in [3.05, 3.63) is 51.5 Å². The maximum absolute atomic E-state index is 13.8. The molecule has 0 radical (unpaired) electrons. The average Bonchev–Trinajstić information content (AvgIpc) is 3.04. The van der Waals surface area contributed by atoms with Crippen molar-refractivity contribution in [3.8, 4) is 0 Å². The van der Waals surface area contributed by atoms with Crippen LogP contribution in [0.5, 0.6) is 0 Å². The van der Waals surface area contributed by atoms with Gasteiger partial charge < -0.3 is 10.6 Å². The molecular weight excluding hydrogens is 370 g/mol. The van der Waals surface area contributed by atoms with Crippen molar-refractivity contribution in [2.75, 3.05) is 19.6 Å². The van der Waals surface area contributed by atoms with Gasteiger partial charge in [-0.1, -0.05) is 6.07 Å². The fraction of sp³-hybridized carbons (Fsp3) is 0.474. The number of rotatable bonds is 6. The van der Waals surface area contributed by atoms with Gasteiger partial charge in [-0.2, -0.15) is 0 Å². The molecular formula is C19H24F2N4OS. The highest BCUT2D eigenvalue weighted by Gasteiger charge is 2.23. The molecule has 1 atom stereocenters. The highest BCUT2D eigenvalue weighted by atomic mass is 32.1. The van der Waals surface area contributed by atoms with Gasteiger partial charge >= 0.3 is 6.03 Å². The van der Waals surface area contributed by atoms with Gasteiger partial charge in [0.05, 0.1) is 5.01 Å². The van der Waals surface area contributed by atoms with E-state index in [-0.39, 0.29) is 24.2 Å². The number of thiazole rings is 1. The summed E-state index contributed by atoms with van der Waals surface area (Å²) in [4.78, 5) is 19.5. The number of aromatic nitrogens is 1. The van der Waals surface area contributed by atoms with Crippen molar-refractivity contribution in [1.29, 1.82) is 0 Å². The number of carbonyl (C=O) groups excluding carboxylic acids is 1. The lowest BCUT2D eigenvalue weighted by molar-refractivity contribution is 0.177. The fourth-order valence-electron chi connectivity index (χ4n) is 3.26. The van der Waals surface area contributed by atoms with Gasteiger partial charge in [0.25, 0.3) is 0 Å². The Morgan fingerprint density at radius 2 is 2.15 bits per heavy atom. The normalized spacial score (nSPS) is 17.7. The first-order valence-corrected chi connectivity index (χ1v) is 9.94. The second-order valence-electron chi connectivity index (χ2n) is 6.79. The summed E-state index contributed by atoms with van der Waals surface area (Å²) in [5.41, 5.74) is 0.0846. The van der Waals surface area contributed by atoms with E-state index in [2.05, 4.69) is 15.6 Å². The van der Waals surface area contributed by atoms with E-state index in [0.29, 0.717) is 19.5 Å². The molecule has 2 heterocycles. The summed E-state index contributed by atoms with van der Waals surface area (Å²) in [6.45, 7) is 4.07. The Balaban J connectivity index is 1.44. The summed E-state index contributed by atoms with van der Waals surface area (Å²) in [7, 11) is 0. The molecule has 5 nitrogen and oxygen atoms in total. The van der Waals surface area contributed by atoms with E-state index in [0.717, 1.165) is 29.3 Å². The molecule has 1 saturated heterocycles. The predicted octanol–water partition coefficient (Wildman–Crippen LogP) is 3.24. The van der Waals surface area contributed by atoms with E-state index >= 15 is 0 Å². The average molecular weight is 394 g/mol. The van der Waals surface area contributed by atoms with Gasteiger partial charge in [-0.3, -0.25) is 4.90 Å². The molecule has 3 rings (SSSR count). The van der Waals surface area contributed by atoms with Crippen LogP contribution in [0.1, 0.15) is 28.3 Å². The van der Waals surface area contributed by atoms with Crippen LogP contribution in [0.25, 0.3) is 0 Å². The van der Waals surface area contributed by atoms with Crippen LogP contribution in [0.15, 0.2) is 24.4 Å². The Kier molecular flexibility index (Phi) is 6.73. The maximum Gasteiger partial charge on any atom is 0.315 e. The minimum absolute atomic E-state index is 0.0318. The third-order valence-corrected chi connectivity index (χ3v) is 5.55. The van der Waals surface area contributed by atoms with E-state index in [1.165, 1.54) is 18.2 Å². The zero-order valence-corrected chi connectivity index (χ0v) is 16.1. The summed E-state index contributed by atoms with van der Waals surface area (Å²) in [5, 5.41) is 6.81. The number of nitrogens with zero attached hydrogens (tertiary/aromatic N) is 2. The number of halogens is 2. The Bertz CT molecular complexity index is 763. The summed E-state index contributed by atoms with van der Waals surface area (Å²) in [5.74, 6) is -1.06. The number of aryl methyl sites for hydroxylation is 1. The third-order valence-electron chi connectivity index (χ3n) is 4.58. The summed E-state index contributed by atoms with van der Waals surface area (Å²) < 4.78 is 27.7. The number of hydrogen-bond donors (Lipinski definition) is 2. The van der Waals surface area contributed by atoms with E-state index in [9.17, 15) is 13.6 Å². The molecule has 0 aliphatic carbocycles. The standard InChI is InChI=1S/C19H24F2N4OS/c1-13-10-23-18(27-13)7-8-22-19(26)24-14-4-3-9-25(11-14)12-15-16(20)5-2-6-17(15)21/h2,5-6,10,14H,3-4,7-9,11-12H2,1H3,(H2,22,24,26). The van der Waals surface area contributed by atoms with Gasteiger partial charge in [-0.05, 0) is 38.4 Å². The summed E-state index contributed by atoms with van der Waals surface area (Å²) in [6.07, 6.45) is 4.26. The number of benzene rings is 1. The lowest BCUT2D eigenvalue weighted by atomic mass is 10.0. The molecule has 2 N–H and O–H groups in total. The minimum Gasteiger partial charge on any atom is -0.338 e. The zero-order chi connectivity index (χ0) is 19.2. The van der Waals surface area contributed by atoms with Crippen LogP contribution in [0.2, 0.25) is 0 Å². The van der Waals surface area contributed by atoms with Gasteiger partial charge in [-0.15, -0.1) is 11.3 Å². The summed E-state index contributed by atoms with van der Waals surface area (Å²) >= 11 is 1.63. The van der Waals surface area contributed by atoms with Crippen molar-refractivity contribution < 1.29 is 13.6 Å². The molecule has 1 unspecified atom stereocenters. The van der Waals surface area contributed by atoms with Crippen LogP contribution >= 0.6 is 11.3 Å². The van der Waals surface area contributed by atoms with E-state index in [1.807, 2.05) is 18.0 Å². The second kappa shape index (κ2) is 9.23. The van der Waals surface area contributed by atoms with Crippen molar-refractivity contribution in [2.24, 2.45) is 0 Å². The molecule has 1 aromatic carbocycles. The molecule has 0 spiro atoms. The van der Waals surface area contributed by atoms with Crippen LogP contribution in [-0.4, -0.2) is 41.6 Å². The number of hydrogen-bond acceptors (Lipinski definition) is 4. The van der Waals surface area contributed by atoms with Gasteiger partial charge in [0.15, 0.2) is 0 Å².